The van der Waals surface area contributed by atoms with Crippen LogP contribution in [0.15, 0.2) is 18.2 Å². The molecule has 1 aliphatic heterocycles. The molecule has 5 nitrogen and oxygen atoms in total. The second-order valence-corrected chi connectivity index (χ2v) is 4.21. The third-order valence-corrected chi connectivity index (χ3v) is 2.97. The van der Waals surface area contributed by atoms with Gasteiger partial charge in [0.05, 0.1) is 13.2 Å². The van der Waals surface area contributed by atoms with E-state index in [1.165, 1.54) is 12.1 Å². The molecule has 1 aliphatic rings. The minimum atomic E-state index is -0.564. The summed E-state index contributed by atoms with van der Waals surface area (Å²) in [5.74, 6) is -0.851. The summed E-state index contributed by atoms with van der Waals surface area (Å²) in [6.45, 7) is 1.46. The number of amides is 1. The maximum Gasteiger partial charge on any atom is 0.242 e. The number of carbonyl (C=O) groups is 1. The van der Waals surface area contributed by atoms with E-state index in [-0.39, 0.29) is 19.0 Å². The second-order valence-electron chi connectivity index (χ2n) is 4.21. The number of halogens is 1. The number of benzene rings is 1. The number of anilines is 1. The van der Waals surface area contributed by atoms with E-state index in [9.17, 15) is 9.18 Å². The first kappa shape index (κ1) is 12.8. The summed E-state index contributed by atoms with van der Waals surface area (Å²) < 4.78 is 18.7. The Kier molecular flexibility index (Phi) is 3.78. The molecular weight excluding hydrogens is 237 g/mol. The average molecular weight is 253 g/mol. The number of nitrogens with zero attached hydrogens (tertiary/aromatic N) is 1. The number of hydrogen-bond donors (Lipinski definition) is 2. The van der Waals surface area contributed by atoms with Crippen LogP contribution in [0.4, 0.5) is 10.1 Å². The van der Waals surface area contributed by atoms with Crippen LogP contribution in [0.2, 0.25) is 0 Å². The van der Waals surface area contributed by atoms with E-state index in [1.54, 1.807) is 11.0 Å². The van der Waals surface area contributed by atoms with Gasteiger partial charge in [-0.2, -0.15) is 0 Å². The van der Waals surface area contributed by atoms with Gasteiger partial charge < -0.3 is 21.1 Å². The number of ether oxygens (including phenoxy) is 1. The fraction of sp³-hybridized carbons (Fsp3) is 0.417. The zero-order valence-corrected chi connectivity index (χ0v) is 9.93. The highest BCUT2D eigenvalue weighted by Crippen LogP contribution is 2.22. The summed E-state index contributed by atoms with van der Waals surface area (Å²) in [6, 6.07) is 3.96. The van der Waals surface area contributed by atoms with Gasteiger partial charge in [-0.05, 0) is 23.8 Å². The van der Waals surface area contributed by atoms with E-state index >= 15 is 0 Å². The molecule has 6 heteroatoms. The fourth-order valence-corrected chi connectivity index (χ4v) is 2.07. The lowest BCUT2D eigenvalue weighted by atomic mass is 10.1. The van der Waals surface area contributed by atoms with Crippen LogP contribution < -0.4 is 16.4 Å². The van der Waals surface area contributed by atoms with Gasteiger partial charge in [0.15, 0.2) is 0 Å². The number of nitrogens with two attached hydrogens (primary N) is 2. The molecule has 1 aromatic carbocycles. The summed E-state index contributed by atoms with van der Waals surface area (Å²) in [7, 11) is 0. The molecule has 1 saturated heterocycles. The highest BCUT2D eigenvalue weighted by molar-refractivity contribution is 5.84. The Labute approximate surface area is 104 Å². The molecule has 1 heterocycles. The maximum atomic E-state index is 13.5. The maximum absolute atomic E-state index is 13.5. The van der Waals surface area contributed by atoms with Crippen LogP contribution in [0, 0.1) is 5.82 Å². The topological polar surface area (TPSA) is 81.6 Å². The van der Waals surface area contributed by atoms with Crippen molar-refractivity contribution in [2.45, 2.75) is 12.6 Å². The van der Waals surface area contributed by atoms with E-state index in [0.717, 1.165) is 0 Å². The second kappa shape index (κ2) is 5.32. The predicted octanol–water partition coefficient (Wildman–Crippen LogP) is -0.0251. The highest BCUT2D eigenvalue weighted by Gasteiger charge is 2.28. The van der Waals surface area contributed by atoms with Gasteiger partial charge in [0.2, 0.25) is 5.91 Å². The van der Waals surface area contributed by atoms with Crippen molar-refractivity contribution in [2.75, 3.05) is 24.7 Å². The largest absolute Gasteiger partial charge is 0.377 e. The van der Waals surface area contributed by atoms with Gasteiger partial charge in [0.1, 0.15) is 11.9 Å². The van der Waals surface area contributed by atoms with Crippen LogP contribution in [-0.2, 0) is 16.1 Å². The first-order valence-electron chi connectivity index (χ1n) is 5.75. The molecule has 18 heavy (non-hydrogen) atoms. The third-order valence-electron chi connectivity index (χ3n) is 2.97. The Bertz CT molecular complexity index is 453. The Balaban J connectivity index is 2.33. The van der Waals surface area contributed by atoms with Gasteiger partial charge in [-0.25, -0.2) is 4.39 Å². The summed E-state index contributed by atoms with van der Waals surface area (Å²) in [5.41, 5.74) is 12.1. The smallest absolute Gasteiger partial charge is 0.242 e. The van der Waals surface area contributed by atoms with Crippen molar-refractivity contribution < 1.29 is 13.9 Å². The fourth-order valence-electron chi connectivity index (χ4n) is 2.07. The molecule has 98 valence electrons. The number of carbonyl (C=O) groups excluding carboxylic acids is 1. The van der Waals surface area contributed by atoms with Crippen molar-refractivity contribution >= 4 is 11.6 Å². The first-order chi connectivity index (χ1) is 8.61. The van der Waals surface area contributed by atoms with Crippen molar-refractivity contribution in [3.63, 3.8) is 0 Å². The van der Waals surface area contributed by atoms with Gasteiger partial charge >= 0.3 is 0 Å². The van der Waals surface area contributed by atoms with E-state index < -0.39 is 11.9 Å². The first-order valence-corrected chi connectivity index (χ1v) is 5.75. The van der Waals surface area contributed by atoms with E-state index in [1.807, 2.05) is 0 Å². The van der Waals surface area contributed by atoms with Crippen molar-refractivity contribution in [3.8, 4) is 0 Å². The van der Waals surface area contributed by atoms with Crippen molar-refractivity contribution in [2.24, 2.45) is 11.5 Å². The van der Waals surface area contributed by atoms with Crippen LogP contribution in [0.5, 0.6) is 0 Å². The van der Waals surface area contributed by atoms with Crippen LogP contribution in [0.25, 0.3) is 0 Å². The third kappa shape index (κ3) is 2.60. The minimum absolute atomic E-state index is 0.226. The molecule has 0 bridgehead atoms. The molecule has 1 aromatic rings. The zero-order chi connectivity index (χ0) is 13.1. The zero-order valence-electron chi connectivity index (χ0n) is 9.93. The molecule has 2 rings (SSSR count). The molecule has 1 fully saturated rings. The monoisotopic (exact) mass is 253 g/mol. The summed E-state index contributed by atoms with van der Waals surface area (Å²) >= 11 is 0. The lowest BCUT2D eigenvalue weighted by molar-refractivity contribution is -0.121. The van der Waals surface area contributed by atoms with Crippen LogP contribution in [0.3, 0.4) is 0 Å². The molecule has 0 spiro atoms. The van der Waals surface area contributed by atoms with Gasteiger partial charge in [-0.1, -0.05) is 0 Å². The quantitative estimate of drug-likeness (QED) is 0.793. The Morgan fingerprint density at radius 1 is 1.50 bits per heavy atom. The Morgan fingerprint density at radius 3 is 2.94 bits per heavy atom. The lowest BCUT2D eigenvalue weighted by Crippen LogP contribution is -2.52. The van der Waals surface area contributed by atoms with Crippen LogP contribution >= 0.6 is 0 Å². The molecule has 1 unspecified atom stereocenters. The van der Waals surface area contributed by atoms with Crippen molar-refractivity contribution in [1.29, 1.82) is 0 Å². The number of primary amides is 1. The molecule has 1 atom stereocenters. The molecule has 0 aliphatic carbocycles. The van der Waals surface area contributed by atoms with Gasteiger partial charge in [0, 0.05) is 18.8 Å². The van der Waals surface area contributed by atoms with Gasteiger partial charge in [-0.15, -0.1) is 0 Å². The van der Waals surface area contributed by atoms with Crippen LogP contribution in [-0.4, -0.2) is 31.7 Å². The Hall–Kier alpha value is -1.66. The lowest BCUT2D eigenvalue weighted by Gasteiger charge is -2.35. The van der Waals surface area contributed by atoms with E-state index in [2.05, 4.69) is 0 Å². The SMILES string of the molecule is NCc1cc(F)cc(N2CCOCC2C(N)=O)c1. The number of rotatable bonds is 3. The molecule has 1 amide bonds. The number of hydrogen-bond acceptors (Lipinski definition) is 4. The van der Waals surface area contributed by atoms with Gasteiger partial charge in [0.25, 0.3) is 0 Å². The molecule has 4 N–H and O–H groups in total. The van der Waals surface area contributed by atoms with Crippen LogP contribution in [0.1, 0.15) is 5.56 Å². The molecule has 0 saturated carbocycles. The summed E-state index contributed by atoms with van der Waals surface area (Å²) in [4.78, 5) is 13.1. The minimum Gasteiger partial charge on any atom is -0.377 e. The average Bonchev–Trinajstić information content (AvgIpc) is 2.38. The van der Waals surface area contributed by atoms with E-state index in [0.29, 0.717) is 24.4 Å². The summed E-state index contributed by atoms with van der Waals surface area (Å²) in [6.07, 6.45) is 0. The summed E-state index contributed by atoms with van der Waals surface area (Å²) in [5, 5.41) is 0. The standard InChI is InChI=1S/C12H16FN3O2/c13-9-3-8(6-14)4-10(5-9)16-1-2-18-7-11(16)12(15)17/h3-5,11H,1-2,6-7,14H2,(H2,15,17). The predicted molar refractivity (Wildman–Crippen MR) is 65.4 cm³/mol. The molecular formula is C12H16FN3O2. The normalized spacial score (nSPS) is 19.9. The highest BCUT2D eigenvalue weighted by atomic mass is 19.1. The molecule has 0 radical (unpaired) electrons. The Morgan fingerprint density at radius 2 is 2.28 bits per heavy atom. The molecule has 0 aromatic heterocycles. The van der Waals surface area contributed by atoms with Gasteiger partial charge in [-0.3, -0.25) is 4.79 Å². The van der Waals surface area contributed by atoms with E-state index in [4.69, 9.17) is 16.2 Å². The number of morpholine rings is 1. The van der Waals surface area contributed by atoms with Crippen molar-refractivity contribution in [3.05, 3.63) is 29.6 Å². The van der Waals surface area contributed by atoms with Crippen molar-refractivity contribution in [1.82, 2.24) is 0 Å².